The average molecular weight is 269 g/mol. The van der Waals surface area contributed by atoms with Crippen LogP contribution in [0, 0.1) is 0 Å². The van der Waals surface area contributed by atoms with Crippen molar-refractivity contribution in [3.63, 3.8) is 0 Å². The van der Waals surface area contributed by atoms with E-state index in [1.165, 1.54) is 10.5 Å². The van der Waals surface area contributed by atoms with E-state index in [1.54, 1.807) is 0 Å². The van der Waals surface area contributed by atoms with Crippen molar-refractivity contribution in [1.82, 2.24) is 5.32 Å². The second-order valence-corrected chi connectivity index (χ2v) is 7.96. The van der Waals surface area contributed by atoms with Crippen molar-refractivity contribution >= 4 is 21.6 Å². The fourth-order valence-corrected chi connectivity index (χ4v) is 5.37. The van der Waals surface area contributed by atoms with Gasteiger partial charge in [-0.2, -0.15) is 0 Å². The van der Waals surface area contributed by atoms with Gasteiger partial charge in [-0.3, -0.25) is 0 Å². The molecule has 92 valence electrons. The second-order valence-electron chi connectivity index (χ2n) is 4.67. The lowest BCUT2D eigenvalue weighted by Gasteiger charge is -2.17. The van der Waals surface area contributed by atoms with Crippen LogP contribution in [0.1, 0.15) is 18.0 Å². The molecule has 0 radical (unpaired) electrons. The highest BCUT2D eigenvalue weighted by molar-refractivity contribution is 7.99. The molecule has 1 N–H and O–H groups in total. The van der Waals surface area contributed by atoms with Crippen LogP contribution in [0.5, 0.6) is 0 Å². The summed E-state index contributed by atoms with van der Waals surface area (Å²) < 4.78 is 22.8. The smallest absolute Gasteiger partial charge is 0.151 e. The molecule has 17 heavy (non-hydrogen) atoms. The molecule has 5 heteroatoms. The van der Waals surface area contributed by atoms with Crippen molar-refractivity contribution in [1.29, 1.82) is 0 Å². The van der Waals surface area contributed by atoms with Gasteiger partial charge in [0.15, 0.2) is 9.84 Å². The summed E-state index contributed by atoms with van der Waals surface area (Å²) in [5.74, 6) is 1.65. The van der Waals surface area contributed by atoms with Gasteiger partial charge in [-0.15, -0.1) is 11.8 Å². The molecule has 0 amide bonds. The Labute approximate surface area is 106 Å². The Balaban J connectivity index is 1.72. The molecule has 0 aromatic heterocycles. The molecule has 1 fully saturated rings. The van der Waals surface area contributed by atoms with Crippen molar-refractivity contribution < 1.29 is 8.42 Å². The summed E-state index contributed by atoms with van der Waals surface area (Å²) in [4.78, 5) is 1.32. The first-order valence-electron chi connectivity index (χ1n) is 5.82. The molecule has 0 aliphatic carbocycles. The number of nitrogens with one attached hydrogen (secondary N) is 1. The summed E-state index contributed by atoms with van der Waals surface area (Å²) in [7, 11) is -2.78. The molecule has 2 unspecified atom stereocenters. The van der Waals surface area contributed by atoms with Crippen LogP contribution in [-0.2, 0) is 9.84 Å². The van der Waals surface area contributed by atoms with Crippen LogP contribution in [0.25, 0.3) is 0 Å². The highest BCUT2D eigenvalue weighted by atomic mass is 32.2. The zero-order valence-corrected chi connectivity index (χ0v) is 11.1. The molecule has 0 spiro atoms. The monoisotopic (exact) mass is 269 g/mol. The molecule has 2 heterocycles. The quantitative estimate of drug-likeness (QED) is 0.886. The number of rotatable bonds is 2. The Hall–Kier alpha value is -0.520. The van der Waals surface area contributed by atoms with E-state index >= 15 is 0 Å². The first-order chi connectivity index (χ1) is 8.14. The van der Waals surface area contributed by atoms with Crippen LogP contribution in [0.15, 0.2) is 29.2 Å². The summed E-state index contributed by atoms with van der Waals surface area (Å²) in [6.07, 6.45) is 0.756. The number of fused-ring (bicyclic) bond motifs is 1. The summed E-state index contributed by atoms with van der Waals surface area (Å²) in [5.41, 5.74) is 1.32. The van der Waals surface area contributed by atoms with E-state index in [2.05, 4.69) is 17.4 Å². The van der Waals surface area contributed by atoms with Gasteiger partial charge in [0.25, 0.3) is 0 Å². The predicted octanol–water partition coefficient (Wildman–Crippen LogP) is 1.61. The number of benzene rings is 1. The fraction of sp³-hybridized carbons (Fsp3) is 0.500. The zero-order chi connectivity index (χ0) is 11.9. The second kappa shape index (κ2) is 4.30. The van der Waals surface area contributed by atoms with Crippen LogP contribution in [-0.4, -0.2) is 31.7 Å². The van der Waals surface area contributed by atoms with E-state index < -0.39 is 9.84 Å². The first-order valence-corrected chi connectivity index (χ1v) is 8.63. The Kier molecular flexibility index (Phi) is 2.92. The molecule has 3 rings (SSSR count). The third-order valence-electron chi connectivity index (χ3n) is 3.37. The maximum Gasteiger partial charge on any atom is 0.151 e. The van der Waals surface area contributed by atoms with Crippen LogP contribution in [0.2, 0.25) is 0 Å². The van der Waals surface area contributed by atoms with Gasteiger partial charge in [0.2, 0.25) is 0 Å². The molecule has 1 saturated heterocycles. The van der Waals surface area contributed by atoms with Crippen molar-refractivity contribution in [2.45, 2.75) is 23.4 Å². The van der Waals surface area contributed by atoms with Crippen molar-refractivity contribution in [3.05, 3.63) is 29.8 Å². The first kappa shape index (κ1) is 11.6. The molecule has 1 aromatic carbocycles. The van der Waals surface area contributed by atoms with E-state index in [9.17, 15) is 8.42 Å². The lowest BCUT2D eigenvalue weighted by molar-refractivity contribution is 0.491. The number of hydrogen-bond donors (Lipinski definition) is 1. The summed E-state index contributed by atoms with van der Waals surface area (Å²) in [6, 6.07) is 8.81. The van der Waals surface area contributed by atoms with Crippen molar-refractivity contribution in [2.75, 3.05) is 17.3 Å². The average Bonchev–Trinajstić information content (AvgIpc) is 2.84. The maximum atomic E-state index is 11.4. The zero-order valence-electron chi connectivity index (χ0n) is 9.43. The Bertz CT molecular complexity index is 527. The van der Waals surface area contributed by atoms with Gasteiger partial charge >= 0.3 is 0 Å². The normalized spacial score (nSPS) is 30.4. The topological polar surface area (TPSA) is 46.2 Å². The summed E-state index contributed by atoms with van der Waals surface area (Å²) >= 11 is 1.85. The third-order valence-corrected chi connectivity index (χ3v) is 6.32. The number of thioether (sulfide) groups is 1. The van der Waals surface area contributed by atoms with Crippen molar-refractivity contribution in [3.8, 4) is 0 Å². The van der Waals surface area contributed by atoms with Crippen LogP contribution in [0.4, 0.5) is 0 Å². The SMILES string of the molecule is O=S1(=O)CCC(NC2CSc3ccccc32)C1. The Morgan fingerprint density at radius 1 is 1.29 bits per heavy atom. The molecule has 2 aliphatic heterocycles. The Morgan fingerprint density at radius 2 is 2.12 bits per heavy atom. The largest absolute Gasteiger partial charge is 0.305 e. The van der Waals surface area contributed by atoms with E-state index in [-0.39, 0.29) is 6.04 Å². The standard InChI is InChI=1S/C12H15NO2S2/c14-17(15)6-5-9(8-17)13-11-7-16-12-4-2-1-3-10(11)12/h1-4,9,11,13H,5-8H2. The molecule has 2 aliphatic rings. The minimum atomic E-state index is -2.78. The lowest BCUT2D eigenvalue weighted by Crippen LogP contribution is -2.33. The minimum absolute atomic E-state index is 0.136. The van der Waals surface area contributed by atoms with Gasteiger partial charge in [0, 0.05) is 22.7 Å². The van der Waals surface area contributed by atoms with E-state index in [0.29, 0.717) is 17.5 Å². The lowest BCUT2D eigenvalue weighted by atomic mass is 10.1. The van der Waals surface area contributed by atoms with Gasteiger partial charge in [-0.25, -0.2) is 8.42 Å². The fourth-order valence-electron chi connectivity index (χ4n) is 2.51. The third kappa shape index (κ3) is 2.37. The van der Waals surface area contributed by atoms with E-state index in [0.717, 1.165) is 12.2 Å². The van der Waals surface area contributed by atoms with Gasteiger partial charge in [-0.1, -0.05) is 18.2 Å². The van der Waals surface area contributed by atoms with Crippen molar-refractivity contribution in [2.24, 2.45) is 0 Å². The molecular formula is C12H15NO2S2. The van der Waals surface area contributed by atoms with Gasteiger partial charge < -0.3 is 5.32 Å². The predicted molar refractivity (Wildman–Crippen MR) is 70.1 cm³/mol. The molecule has 2 atom stereocenters. The van der Waals surface area contributed by atoms with Gasteiger partial charge in [0.05, 0.1) is 11.5 Å². The Morgan fingerprint density at radius 3 is 2.88 bits per heavy atom. The van der Waals surface area contributed by atoms with E-state index in [4.69, 9.17) is 0 Å². The number of hydrogen-bond acceptors (Lipinski definition) is 4. The van der Waals surface area contributed by atoms with Crippen LogP contribution < -0.4 is 5.32 Å². The number of sulfone groups is 1. The summed E-state index contributed by atoms with van der Waals surface area (Å²) in [6.45, 7) is 0. The molecule has 1 aromatic rings. The summed E-state index contributed by atoms with van der Waals surface area (Å²) in [5, 5.41) is 3.49. The molecular weight excluding hydrogens is 254 g/mol. The van der Waals surface area contributed by atoms with E-state index in [1.807, 2.05) is 23.9 Å². The maximum absolute atomic E-state index is 11.4. The minimum Gasteiger partial charge on any atom is -0.305 e. The van der Waals surface area contributed by atoms with Crippen LogP contribution >= 0.6 is 11.8 Å². The highest BCUT2D eigenvalue weighted by Crippen LogP contribution is 2.38. The van der Waals surface area contributed by atoms with Gasteiger partial charge in [-0.05, 0) is 18.1 Å². The molecule has 3 nitrogen and oxygen atoms in total. The molecule has 0 saturated carbocycles. The highest BCUT2D eigenvalue weighted by Gasteiger charge is 2.31. The van der Waals surface area contributed by atoms with Crippen LogP contribution in [0.3, 0.4) is 0 Å². The van der Waals surface area contributed by atoms with Gasteiger partial charge in [0.1, 0.15) is 0 Å². The molecule has 0 bridgehead atoms.